The van der Waals surface area contributed by atoms with Crippen molar-refractivity contribution in [2.24, 2.45) is 0 Å². The summed E-state index contributed by atoms with van der Waals surface area (Å²) in [7, 11) is 0. The number of hydrogen-bond acceptors (Lipinski definition) is 1. The van der Waals surface area contributed by atoms with Crippen LogP contribution in [0, 0.1) is 18.8 Å². The summed E-state index contributed by atoms with van der Waals surface area (Å²) in [6, 6.07) is 7.95. The minimum Gasteiger partial charge on any atom is -0.481 e. The average Bonchev–Trinajstić information content (AvgIpc) is 2.21. The molecule has 14 heavy (non-hydrogen) atoms. The monoisotopic (exact) mass is 190 g/mol. The predicted octanol–water partition coefficient (Wildman–Crippen LogP) is 3.42. The van der Waals surface area contributed by atoms with Crippen molar-refractivity contribution in [3.63, 3.8) is 0 Å². The molecule has 0 aliphatic heterocycles. The highest BCUT2D eigenvalue weighted by molar-refractivity contribution is 5.27. The van der Waals surface area contributed by atoms with E-state index in [9.17, 15) is 0 Å². The Hall–Kier alpha value is -1.42. The molecule has 0 aromatic heterocycles. The Labute approximate surface area is 87.1 Å². The minimum absolute atomic E-state index is 0.472. The van der Waals surface area contributed by atoms with Crippen LogP contribution in [0.5, 0.6) is 5.75 Å². The first-order chi connectivity index (χ1) is 6.83. The van der Waals surface area contributed by atoms with Crippen molar-refractivity contribution in [1.29, 1.82) is 0 Å². The first-order valence-corrected chi connectivity index (χ1v) is 4.92. The zero-order valence-corrected chi connectivity index (χ0v) is 9.42. The van der Waals surface area contributed by atoms with Gasteiger partial charge >= 0.3 is 0 Å². The number of hydrogen-bond donors (Lipinski definition) is 0. The van der Waals surface area contributed by atoms with Crippen molar-refractivity contribution in [2.75, 3.05) is 6.61 Å². The largest absolute Gasteiger partial charge is 0.481 e. The van der Waals surface area contributed by atoms with E-state index in [1.54, 1.807) is 6.92 Å². The van der Waals surface area contributed by atoms with Crippen LogP contribution in [-0.4, -0.2) is 6.61 Å². The molecule has 0 unspecified atom stereocenters. The third kappa shape index (κ3) is 5.27. The van der Waals surface area contributed by atoms with Crippen LogP contribution in [0.3, 0.4) is 0 Å². The van der Waals surface area contributed by atoms with Crippen molar-refractivity contribution in [3.05, 3.63) is 29.8 Å². The van der Waals surface area contributed by atoms with E-state index in [2.05, 4.69) is 11.8 Å². The lowest BCUT2D eigenvalue weighted by molar-refractivity contribution is 0.370. The van der Waals surface area contributed by atoms with Crippen molar-refractivity contribution in [1.82, 2.24) is 0 Å². The second-order valence-corrected chi connectivity index (χ2v) is 2.53. The van der Waals surface area contributed by atoms with E-state index in [1.807, 2.05) is 45.0 Å². The molecule has 0 spiro atoms. The highest BCUT2D eigenvalue weighted by Gasteiger charge is 1.90. The Bertz CT molecular complexity index is 305. The molecule has 0 fully saturated rings. The smallest absolute Gasteiger partial charge is 0.149 e. The molecule has 1 nitrogen and oxygen atoms in total. The summed E-state index contributed by atoms with van der Waals surface area (Å²) < 4.78 is 5.35. The Balaban J connectivity index is 0.000000791. The molecule has 1 heteroatoms. The summed E-state index contributed by atoms with van der Waals surface area (Å²) in [4.78, 5) is 0. The summed E-state index contributed by atoms with van der Waals surface area (Å²) in [5.74, 6) is 6.51. The van der Waals surface area contributed by atoms with Gasteiger partial charge in [-0.1, -0.05) is 31.9 Å². The number of ether oxygens (including phenoxy) is 1. The molecule has 0 aliphatic carbocycles. The van der Waals surface area contributed by atoms with Gasteiger partial charge < -0.3 is 4.74 Å². The van der Waals surface area contributed by atoms with Gasteiger partial charge in [-0.05, 0) is 31.5 Å². The van der Waals surface area contributed by atoms with E-state index < -0.39 is 0 Å². The fourth-order valence-corrected chi connectivity index (χ4v) is 0.897. The van der Waals surface area contributed by atoms with E-state index in [1.165, 1.54) is 5.56 Å². The van der Waals surface area contributed by atoms with E-state index in [-0.39, 0.29) is 0 Å². The standard InChI is InChI=1S/C11H12O.C2H6/c1-3-4-8-12-11-7-5-6-10(2)9-11;1-2/h5-7,9H,8H2,1-2H3;1-2H3. The predicted molar refractivity (Wildman–Crippen MR) is 61.5 cm³/mol. The highest BCUT2D eigenvalue weighted by atomic mass is 16.5. The lowest BCUT2D eigenvalue weighted by Crippen LogP contribution is -1.93. The maximum Gasteiger partial charge on any atom is 0.149 e. The second kappa shape index (κ2) is 8.19. The Morgan fingerprint density at radius 2 is 2.00 bits per heavy atom. The van der Waals surface area contributed by atoms with Crippen LogP contribution < -0.4 is 4.74 Å². The summed E-state index contributed by atoms with van der Waals surface area (Å²) in [5, 5.41) is 0. The van der Waals surface area contributed by atoms with Gasteiger partial charge in [-0.15, -0.1) is 5.92 Å². The molecule has 0 radical (unpaired) electrons. The van der Waals surface area contributed by atoms with Crippen LogP contribution in [0.1, 0.15) is 26.3 Å². The normalized spacial score (nSPS) is 7.71. The fraction of sp³-hybridized carbons (Fsp3) is 0.385. The van der Waals surface area contributed by atoms with Crippen LogP contribution in [0.15, 0.2) is 24.3 Å². The molecule has 0 N–H and O–H groups in total. The molecule has 1 aromatic carbocycles. The molecule has 76 valence electrons. The first kappa shape index (κ1) is 12.6. The Kier molecular flexibility index (Phi) is 7.36. The van der Waals surface area contributed by atoms with Crippen LogP contribution in [0.2, 0.25) is 0 Å². The van der Waals surface area contributed by atoms with E-state index >= 15 is 0 Å². The van der Waals surface area contributed by atoms with Crippen LogP contribution in [0.25, 0.3) is 0 Å². The lowest BCUT2D eigenvalue weighted by Gasteiger charge is -2.01. The van der Waals surface area contributed by atoms with Crippen molar-refractivity contribution in [2.45, 2.75) is 27.7 Å². The van der Waals surface area contributed by atoms with Crippen molar-refractivity contribution >= 4 is 0 Å². The van der Waals surface area contributed by atoms with Gasteiger partial charge in [0.2, 0.25) is 0 Å². The lowest BCUT2D eigenvalue weighted by atomic mass is 10.2. The number of benzene rings is 1. The van der Waals surface area contributed by atoms with Crippen LogP contribution in [0.4, 0.5) is 0 Å². The Morgan fingerprint density at radius 3 is 2.57 bits per heavy atom. The molecular formula is C13H18O. The quantitative estimate of drug-likeness (QED) is 0.649. The topological polar surface area (TPSA) is 9.23 Å². The van der Waals surface area contributed by atoms with Gasteiger partial charge in [-0.25, -0.2) is 0 Å². The molecule has 0 amide bonds. The molecule has 1 rings (SSSR count). The molecular weight excluding hydrogens is 172 g/mol. The fourth-order valence-electron chi connectivity index (χ4n) is 0.897. The summed E-state index contributed by atoms with van der Waals surface area (Å²) in [5.41, 5.74) is 1.21. The van der Waals surface area contributed by atoms with Gasteiger partial charge in [-0.3, -0.25) is 0 Å². The minimum atomic E-state index is 0.472. The molecule has 0 saturated carbocycles. The zero-order chi connectivity index (χ0) is 10.8. The van der Waals surface area contributed by atoms with Crippen molar-refractivity contribution < 1.29 is 4.74 Å². The van der Waals surface area contributed by atoms with Gasteiger partial charge in [0, 0.05) is 0 Å². The van der Waals surface area contributed by atoms with Gasteiger partial charge in [0.05, 0.1) is 0 Å². The first-order valence-electron chi connectivity index (χ1n) is 4.92. The maximum absolute atomic E-state index is 5.35. The van der Waals surface area contributed by atoms with E-state index in [0.29, 0.717) is 6.61 Å². The highest BCUT2D eigenvalue weighted by Crippen LogP contribution is 2.11. The second-order valence-electron chi connectivity index (χ2n) is 2.53. The van der Waals surface area contributed by atoms with Crippen molar-refractivity contribution in [3.8, 4) is 17.6 Å². The Morgan fingerprint density at radius 1 is 1.29 bits per heavy atom. The average molecular weight is 190 g/mol. The van der Waals surface area contributed by atoms with E-state index in [4.69, 9.17) is 4.74 Å². The van der Waals surface area contributed by atoms with Gasteiger partial charge in [0.1, 0.15) is 12.4 Å². The number of rotatable bonds is 2. The summed E-state index contributed by atoms with van der Waals surface area (Å²) >= 11 is 0. The zero-order valence-electron chi connectivity index (χ0n) is 9.42. The summed E-state index contributed by atoms with van der Waals surface area (Å²) in [6.07, 6.45) is 0. The molecule has 0 atom stereocenters. The van der Waals surface area contributed by atoms with E-state index in [0.717, 1.165) is 5.75 Å². The molecule has 0 bridgehead atoms. The van der Waals surface area contributed by atoms with Crippen LogP contribution >= 0.6 is 0 Å². The van der Waals surface area contributed by atoms with Gasteiger partial charge in [0.25, 0.3) is 0 Å². The third-order valence-electron chi connectivity index (χ3n) is 1.48. The van der Waals surface area contributed by atoms with Crippen LogP contribution in [-0.2, 0) is 0 Å². The summed E-state index contributed by atoms with van der Waals surface area (Å²) in [6.45, 7) is 8.32. The third-order valence-corrected chi connectivity index (χ3v) is 1.48. The molecule has 1 aromatic rings. The molecule has 0 heterocycles. The van der Waals surface area contributed by atoms with Gasteiger partial charge in [0.15, 0.2) is 0 Å². The van der Waals surface area contributed by atoms with Gasteiger partial charge in [-0.2, -0.15) is 0 Å². The molecule has 0 saturated heterocycles. The molecule has 0 aliphatic rings. The maximum atomic E-state index is 5.35. The number of aryl methyl sites for hydroxylation is 1. The SMILES string of the molecule is CC.CC#CCOc1cccc(C)c1.